The quantitative estimate of drug-likeness (QED) is 0.553. The Balaban J connectivity index is 3.62. The summed E-state index contributed by atoms with van der Waals surface area (Å²) in [5.74, 6) is -0.215. The van der Waals surface area contributed by atoms with Crippen LogP contribution in [0, 0.1) is 11.3 Å². The second-order valence-electron chi connectivity index (χ2n) is 2.85. The van der Waals surface area contributed by atoms with Gasteiger partial charge in [-0.05, 0) is 0 Å². The lowest BCUT2D eigenvalue weighted by atomic mass is 10.5. The average molecular weight is 288 g/mol. The maximum atomic E-state index is 11.3. The molecule has 1 aromatic heterocycles. The molecule has 1 aromatic rings. The summed E-state index contributed by atoms with van der Waals surface area (Å²) in [6, 6.07) is 1.79. The van der Waals surface area contributed by atoms with Crippen LogP contribution in [-0.2, 0) is 6.54 Å². The lowest BCUT2D eigenvalue weighted by molar-refractivity contribution is -0.685. The van der Waals surface area contributed by atoms with E-state index in [4.69, 9.17) is 5.26 Å². The summed E-state index contributed by atoms with van der Waals surface area (Å²) in [5, 5.41) is 6.26. The number of nitrogens with zero attached hydrogens (tertiary/aromatic N) is 3. The first-order chi connectivity index (χ1) is 7.90. The van der Waals surface area contributed by atoms with Crippen molar-refractivity contribution in [2.24, 2.45) is 0 Å². The third-order valence-electron chi connectivity index (χ3n) is 1.85. The highest BCUT2D eigenvalue weighted by Crippen LogP contribution is 2.11. The van der Waals surface area contributed by atoms with Crippen LogP contribution < -0.4 is 4.57 Å². The molecule has 0 aliphatic heterocycles. The van der Waals surface area contributed by atoms with E-state index in [0.29, 0.717) is 0 Å². The van der Waals surface area contributed by atoms with Gasteiger partial charge in [0.15, 0.2) is 6.54 Å². The van der Waals surface area contributed by atoms with Crippen molar-refractivity contribution < 1.29 is 19.0 Å². The molecule has 9 heteroatoms. The third-order valence-corrected chi connectivity index (χ3v) is 2.47. The summed E-state index contributed by atoms with van der Waals surface area (Å²) in [6.45, 7) is -0.205. The lowest BCUT2D eigenvalue weighted by Gasteiger charge is -1.95. The number of aromatic nitrogens is 2. The maximum absolute atomic E-state index is 11.3. The summed E-state index contributed by atoms with van der Waals surface area (Å²) in [7, 11) is 0. The van der Waals surface area contributed by atoms with E-state index in [-0.39, 0.29) is 18.1 Å². The minimum Gasteiger partial charge on any atom is -0.278 e. The Morgan fingerprint density at radius 3 is 2.24 bits per heavy atom. The zero-order valence-corrected chi connectivity index (χ0v) is 10.9. The molecule has 0 spiro atoms. The van der Waals surface area contributed by atoms with Crippen LogP contribution in [0.1, 0.15) is 21.1 Å². The van der Waals surface area contributed by atoms with Crippen LogP contribution in [0.2, 0.25) is 0 Å². The molecule has 0 N–H and O–H groups in total. The first kappa shape index (κ1) is 13.8. The predicted molar refractivity (Wildman–Crippen MR) is 66.7 cm³/mol. The Hall–Kier alpha value is -1.24. The van der Waals surface area contributed by atoms with Gasteiger partial charge in [0.05, 0.1) is 0 Å². The molecule has 88 valence electrons. The Morgan fingerprint density at radius 1 is 1.29 bits per heavy atom. The SMILES string of the molecule is N#CC[n+]1cc(C(=O)S)n(C(=O)S)c1C(=O)S. The van der Waals surface area contributed by atoms with Gasteiger partial charge in [-0.2, -0.15) is 5.26 Å². The molecule has 1 rings (SSSR count). The van der Waals surface area contributed by atoms with Crippen LogP contribution in [0.3, 0.4) is 0 Å². The van der Waals surface area contributed by atoms with E-state index in [1.165, 1.54) is 6.20 Å². The molecular weight excluding hydrogens is 282 g/mol. The van der Waals surface area contributed by atoms with Crippen LogP contribution in [0.25, 0.3) is 0 Å². The van der Waals surface area contributed by atoms with Gasteiger partial charge in [-0.25, -0.2) is 9.36 Å². The van der Waals surface area contributed by atoms with Crippen molar-refractivity contribution in [2.45, 2.75) is 6.54 Å². The van der Waals surface area contributed by atoms with Crippen molar-refractivity contribution in [2.75, 3.05) is 0 Å². The minimum absolute atomic E-state index is 0.152. The largest absolute Gasteiger partial charge is 0.371 e. The Morgan fingerprint density at radius 2 is 1.88 bits per heavy atom. The predicted octanol–water partition coefficient (Wildman–Crippen LogP) is 0.337. The van der Waals surface area contributed by atoms with E-state index in [9.17, 15) is 14.4 Å². The highest BCUT2D eigenvalue weighted by molar-refractivity contribution is 7.98. The molecule has 17 heavy (non-hydrogen) atoms. The number of imidazole rings is 1. The number of thiol groups is 3. The summed E-state index contributed by atoms with van der Waals surface area (Å²) in [4.78, 5) is 33.8. The minimum atomic E-state index is -0.837. The van der Waals surface area contributed by atoms with Crippen molar-refractivity contribution in [3.63, 3.8) is 0 Å². The fraction of sp³-hybridized carbons (Fsp3) is 0.125. The molecule has 0 unspecified atom stereocenters. The van der Waals surface area contributed by atoms with E-state index >= 15 is 0 Å². The van der Waals surface area contributed by atoms with Gasteiger partial charge in [0.25, 0.3) is 10.2 Å². The molecular formula is C8H6N3O3S3+. The molecule has 0 saturated carbocycles. The van der Waals surface area contributed by atoms with Crippen molar-refractivity contribution in [3.8, 4) is 6.07 Å². The topological polar surface area (TPSA) is 83.8 Å². The standard InChI is InChI=1S/C8H5N3O3S3/c9-1-2-10-3-4(6(12)15)11(8(14)17)5(10)7(13)16/h3H,2H2,(H2-,12,13,14,15,16,17)/p+1. The molecule has 0 amide bonds. The van der Waals surface area contributed by atoms with E-state index in [0.717, 1.165) is 9.13 Å². The zero-order chi connectivity index (χ0) is 13.2. The lowest BCUT2D eigenvalue weighted by Crippen LogP contribution is -2.38. The number of nitriles is 1. The van der Waals surface area contributed by atoms with Gasteiger partial charge in [0.2, 0.25) is 5.69 Å². The summed E-state index contributed by atoms with van der Waals surface area (Å²) >= 11 is 10.7. The van der Waals surface area contributed by atoms with Gasteiger partial charge < -0.3 is 0 Å². The second kappa shape index (κ2) is 5.39. The summed E-state index contributed by atoms with van der Waals surface area (Å²) in [6.07, 6.45) is 1.18. The van der Waals surface area contributed by atoms with Gasteiger partial charge in [0, 0.05) is 0 Å². The van der Waals surface area contributed by atoms with E-state index < -0.39 is 15.5 Å². The molecule has 0 aromatic carbocycles. The summed E-state index contributed by atoms with van der Waals surface area (Å²) < 4.78 is 1.89. The fourth-order valence-corrected chi connectivity index (χ4v) is 1.86. The van der Waals surface area contributed by atoms with E-state index in [1.54, 1.807) is 6.07 Å². The highest BCUT2D eigenvalue weighted by atomic mass is 32.1. The monoisotopic (exact) mass is 288 g/mol. The molecule has 0 aliphatic carbocycles. The van der Waals surface area contributed by atoms with Crippen molar-refractivity contribution in [1.29, 1.82) is 5.26 Å². The zero-order valence-electron chi connectivity index (χ0n) is 8.19. The number of hydrogen-bond acceptors (Lipinski definition) is 4. The van der Waals surface area contributed by atoms with Gasteiger partial charge in [-0.3, -0.25) is 9.59 Å². The van der Waals surface area contributed by atoms with Gasteiger partial charge in [0.1, 0.15) is 12.3 Å². The number of carbonyl (C=O) groups excluding carboxylic acids is 3. The summed E-state index contributed by atoms with van der Waals surface area (Å²) in [5.41, 5.74) is -0.152. The fourth-order valence-electron chi connectivity index (χ4n) is 1.27. The van der Waals surface area contributed by atoms with Crippen LogP contribution >= 0.6 is 37.9 Å². The Kier molecular flexibility index (Phi) is 4.39. The van der Waals surface area contributed by atoms with Gasteiger partial charge >= 0.3 is 11.1 Å². The van der Waals surface area contributed by atoms with Crippen LogP contribution in [0.5, 0.6) is 0 Å². The van der Waals surface area contributed by atoms with E-state index in [2.05, 4.69) is 37.9 Å². The van der Waals surface area contributed by atoms with Crippen molar-refractivity contribution >= 4 is 53.4 Å². The highest BCUT2D eigenvalue weighted by Gasteiger charge is 2.33. The molecule has 0 aliphatic rings. The Labute approximate surface area is 112 Å². The number of hydrogen-bond donors (Lipinski definition) is 3. The molecule has 0 bridgehead atoms. The van der Waals surface area contributed by atoms with E-state index in [1.807, 2.05) is 0 Å². The van der Waals surface area contributed by atoms with Crippen LogP contribution in [0.15, 0.2) is 6.20 Å². The van der Waals surface area contributed by atoms with Crippen LogP contribution in [0.4, 0.5) is 4.79 Å². The Bertz CT molecular complexity index is 558. The molecule has 6 nitrogen and oxygen atoms in total. The molecule has 0 atom stereocenters. The first-order valence-electron chi connectivity index (χ1n) is 4.12. The average Bonchev–Trinajstić information content (AvgIpc) is 2.57. The maximum Gasteiger partial charge on any atom is 0.371 e. The normalized spacial score (nSPS) is 9.76. The molecule has 0 fully saturated rings. The smallest absolute Gasteiger partial charge is 0.278 e. The third kappa shape index (κ3) is 2.71. The molecule has 0 saturated heterocycles. The van der Waals surface area contributed by atoms with Crippen LogP contribution in [-0.4, -0.2) is 20.0 Å². The first-order valence-corrected chi connectivity index (χ1v) is 5.46. The van der Waals surface area contributed by atoms with Gasteiger partial charge in [-0.1, -0.05) is 37.9 Å². The van der Waals surface area contributed by atoms with Crippen molar-refractivity contribution in [1.82, 2.24) is 4.57 Å². The number of carbonyl (C=O) groups is 3. The van der Waals surface area contributed by atoms with Crippen molar-refractivity contribution in [3.05, 3.63) is 17.7 Å². The molecule has 1 heterocycles. The van der Waals surface area contributed by atoms with Gasteiger partial charge in [-0.15, -0.1) is 4.57 Å². The number of rotatable bonds is 3. The molecule has 0 radical (unpaired) electrons. The second-order valence-corrected chi connectivity index (χ2v) is 4.05.